The molecule has 0 heterocycles. The lowest BCUT2D eigenvalue weighted by Gasteiger charge is -2.10. The van der Waals surface area contributed by atoms with Gasteiger partial charge in [0.1, 0.15) is 0 Å². The molecule has 0 aliphatic carbocycles. The maximum atomic E-state index is 10.5. The average Bonchev–Trinajstić information content (AvgIpc) is 2.35. The molecule has 100 valence electrons. The first-order valence-electron chi connectivity index (χ1n) is 6.06. The predicted octanol–water partition coefficient (Wildman–Crippen LogP) is 2.73. The highest BCUT2D eigenvalue weighted by atomic mass is 32.2. The second-order valence-electron chi connectivity index (χ2n) is 4.44. The number of nitro benzene ring substituents is 1. The molecule has 0 aromatic heterocycles. The number of benzene rings is 1. The van der Waals surface area contributed by atoms with E-state index < -0.39 is 0 Å². The van der Waals surface area contributed by atoms with Crippen LogP contribution in [0.2, 0.25) is 0 Å². The van der Waals surface area contributed by atoms with Gasteiger partial charge in [0.2, 0.25) is 0 Å². The molecule has 0 saturated carbocycles. The van der Waals surface area contributed by atoms with Crippen LogP contribution in [-0.2, 0) is 6.42 Å². The van der Waals surface area contributed by atoms with E-state index >= 15 is 0 Å². The fraction of sp³-hybridized carbons (Fsp3) is 0.538. The van der Waals surface area contributed by atoms with E-state index in [1.54, 1.807) is 12.1 Å². The van der Waals surface area contributed by atoms with Crippen LogP contribution in [0.1, 0.15) is 12.5 Å². The normalized spacial score (nSPS) is 12.3. The Balaban J connectivity index is 2.25. The van der Waals surface area contributed by atoms with Crippen molar-refractivity contribution in [1.29, 1.82) is 0 Å². The number of nitrogens with one attached hydrogen (secondary N) is 1. The molecule has 0 aliphatic rings. The van der Waals surface area contributed by atoms with Gasteiger partial charge in [0.15, 0.2) is 0 Å². The minimum atomic E-state index is -0.369. The van der Waals surface area contributed by atoms with Crippen LogP contribution >= 0.6 is 11.8 Å². The molecule has 0 fully saturated rings. The highest BCUT2D eigenvalue weighted by Gasteiger charge is 2.04. The zero-order chi connectivity index (χ0) is 13.4. The van der Waals surface area contributed by atoms with E-state index in [4.69, 9.17) is 0 Å². The Morgan fingerprint density at radius 1 is 1.39 bits per heavy atom. The lowest BCUT2D eigenvalue weighted by molar-refractivity contribution is -0.384. The van der Waals surface area contributed by atoms with Crippen molar-refractivity contribution >= 4 is 17.4 Å². The lowest BCUT2D eigenvalue weighted by Crippen LogP contribution is -2.24. The summed E-state index contributed by atoms with van der Waals surface area (Å²) in [5.41, 5.74) is 1.28. The molecule has 1 unspecified atom stereocenters. The summed E-state index contributed by atoms with van der Waals surface area (Å²) in [4.78, 5) is 10.1. The van der Waals surface area contributed by atoms with Crippen molar-refractivity contribution in [2.75, 3.05) is 25.1 Å². The van der Waals surface area contributed by atoms with Crippen LogP contribution in [0.3, 0.4) is 0 Å². The van der Waals surface area contributed by atoms with E-state index in [9.17, 15) is 10.1 Å². The molecule has 4 nitrogen and oxygen atoms in total. The van der Waals surface area contributed by atoms with Gasteiger partial charge in [-0.25, -0.2) is 0 Å². The summed E-state index contributed by atoms with van der Waals surface area (Å²) >= 11 is 1.86. The molecule has 5 heteroatoms. The van der Waals surface area contributed by atoms with Gasteiger partial charge in [-0.3, -0.25) is 10.1 Å². The molecule has 1 aromatic carbocycles. The smallest absolute Gasteiger partial charge is 0.269 e. The Bertz CT molecular complexity index is 368. The Hall–Kier alpha value is -1.07. The molecule has 0 saturated heterocycles. The first-order valence-corrected chi connectivity index (χ1v) is 7.46. The van der Waals surface area contributed by atoms with Crippen molar-refractivity contribution < 1.29 is 4.92 Å². The molecule has 0 bridgehead atoms. The SMILES string of the molecule is CSCC(C)CNCCc1ccc([N+](=O)[O-])cc1. The summed E-state index contributed by atoms with van der Waals surface area (Å²) in [5.74, 6) is 1.85. The summed E-state index contributed by atoms with van der Waals surface area (Å²) in [6, 6.07) is 6.77. The number of thioether (sulfide) groups is 1. The minimum Gasteiger partial charge on any atom is -0.316 e. The van der Waals surface area contributed by atoms with Crippen LogP contribution in [0.5, 0.6) is 0 Å². The first kappa shape index (κ1) is 15.0. The Kier molecular flexibility index (Phi) is 6.75. The molecule has 0 spiro atoms. The van der Waals surface area contributed by atoms with Crippen LogP contribution in [-0.4, -0.2) is 30.0 Å². The standard InChI is InChI=1S/C13H20N2O2S/c1-11(10-18-2)9-14-8-7-12-3-5-13(6-4-12)15(16)17/h3-6,11,14H,7-10H2,1-2H3. The van der Waals surface area contributed by atoms with Gasteiger partial charge in [-0.15, -0.1) is 0 Å². The van der Waals surface area contributed by atoms with Gasteiger partial charge in [0.25, 0.3) is 5.69 Å². The second-order valence-corrected chi connectivity index (χ2v) is 5.35. The summed E-state index contributed by atoms with van der Waals surface area (Å²) in [6.45, 7) is 4.17. The Morgan fingerprint density at radius 3 is 2.61 bits per heavy atom. The second kappa shape index (κ2) is 8.11. The molecular formula is C13H20N2O2S. The van der Waals surface area contributed by atoms with E-state index in [1.807, 2.05) is 23.9 Å². The monoisotopic (exact) mass is 268 g/mol. The zero-order valence-electron chi connectivity index (χ0n) is 10.9. The number of nitrogens with zero attached hydrogens (tertiary/aromatic N) is 1. The fourth-order valence-electron chi connectivity index (χ4n) is 1.71. The number of non-ortho nitro benzene ring substituents is 1. The van der Waals surface area contributed by atoms with Crippen LogP contribution < -0.4 is 5.32 Å². The summed E-state index contributed by atoms with van der Waals surface area (Å²) in [5, 5.41) is 13.9. The third-order valence-corrected chi connectivity index (χ3v) is 3.58. The van der Waals surface area contributed by atoms with Crippen molar-refractivity contribution in [1.82, 2.24) is 5.32 Å². The van der Waals surface area contributed by atoms with Crippen LogP contribution in [0.25, 0.3) is 0 Å². The molecule has 1 rings (SSSR count). The van der Waals surface area contributed by atoms with Crippen molar-refractivity contribution in [3.05, 3.63) is 39.9 Å². The number of rotatable bonds is 8. The van der Waals surface area contributed by atoms with Crippen LogP contribution in [0.4, 0.5) is 5.69 Å². The van der Waals surface area contributed by atoms with Gasteiger partial charge in [-0.2, -0.15) is 11.8 Å². The highest BCUT2D eigenvalue weighted by molar-refractivity contribution is 7.98. The largest absolute Gasteiger partial charge is 0.316 e. The van der Waals surface area contributed by atoms with Crippen molar-refractivity contribution in [2.45, 2.75) is 13.3 Å². The maximum Gasteiger partial charge on any atom is 0.269 e. The van der Waals surface area contributed by atoms with Gasteiger partial charge in [-0.05, 0) is 43.0 Å². The lowest BCUT2D eigenvalue weighted by atomic mass is 10.1. The van der Waals surface area contributed by atoms with E-state index in [2.05, 4.69) is 18.5 Å². The van der Waals surface area contributed by atoms with Crippen molar-refractivity contribution in [2.24, 2.45) is 5.92 Å². The van der Waals surface area contributed by atoms with Gasteiger partial charge in [-0.1, -0.05) is 19.1 Å². The fourth-order valence-corrected chi connectivity index (χ4v) is 2.40. The number of nitro groups is 1. The quantitative estimate of drug-likeness (QED) is 0.447. The van der Waals surface area contributed by atoms with Gasteiger partial charge in [0, 0.05) is 12.1 Å². The van der Waals surface area contributed by atoms with Crippen molar-refractivity contribution in [3.8, 4) is 0 Å². The molecule has 0 radical (unpaired) electrons. The predicted molar refractivity (Wildman–Crippen MR) is 77.2 cm³/mol. The van der Waals surface area contributed by atoms with Crippen molar-refractivity contribution in [3.63, 3.8) is 0 Å². The number of hydrogen-bond acceptors (Lipinski definition) is 4. The number of hydrogen-bond donors (Lipinski definition) is 1. The summed E-state index contributed by atoms with van der Waals surface area (Å²) in [7, 11) is 0. The molecule has 1 aromatic rings. The molecule has 0 amide bonds. The van der Waals surface area contributed by atoms with E-state index in [1.165, 1.54) is 5.75 Å². The Morgan fingerprint density at radius 2 is 2.06 bits per heavy atom. The highest BCUT2D eigenvalue weighted by Crippen LogP contribution is 2.12. The van der Waals surface area contributed by atoms with Crippen LogP contribution in [0.15, 0.2) is 24.3 Å². The Labute approximate surface area is 112 Å². The molecular weight excluding hydrogens is 248 g/mol. The first-order chi connectivity index (χ1) is 8.63. The van der Waals surface area contributed by atoms with Crippen LogP contribution in [0, 0.1) is 16.0 Å². The minimum absolute atomic E-state index is 0.153. The average molecular weight is 268 g/mol. The molecule has 1 N–H and O–H groups in total. The molecule has 1 atom stereocenters. The van der Waals surface area contributed by atoms with Gasteiger partial charge < -0.3 is 5.32 Å². The van der Waals surface area contributed by atoms with Gasteiger partial charge >= 0.3 is 0 Å². The summed E-state index contributed by atoms with van der Waals surface area (Å²) < 4.78 is 0. The summed E-state index contributed by atoms with van der Waals surface area (Å²) in [6.07, 6.45) is 3.03. The van der Waals surface area contributed by atoms with Gasteiger partial charge in [0.05, 0.1) is 4.92 Å². The topological polar surface area (TPSA) is 55.2 Å². The molecule has 18 heavy (non-hydrogen) atoms. The third kappa shape index (κ3) is 5.51. The van der Waals surface area contributed by atoms with E-state index in [0.717, 1.165) is 25.1 Å². The maximum absolute atomic E-state index is 10.5. The zero-order valence-corrected chi connectivity index (χ0v) is 11.7. The van der Waals surface area contributed by atoms with E-state index in [-0.39, 0.29) is 10.6 Å². The van der Waals surface area contributed by atoms with E-state index in [0.29, 0.717) is 5.92 Å². The molecule has 0 aliphatic heterocycles. The third-order valence-electron chi connectivity index (χ3n) is 2.68.